The molecule has 0 saturated heterocycles. The van der Waals surface area contributed by atoms with Crippen LogP contribution < -0.4 is 10.6 Å². The number of hydrogen-bond acceptors (Lipinski definition) is 5. The molecular weight excluding hydrogens is 250 g/mol. The van der Waals surface area contributed by atoms with Crippen LogP contribution in [-0.4, -0.2) is 49.7 Å². The lowest BCUT2D eigenvalue weighted by Crippen LogP contribution is -2.31. The number of amidine groups is 1. The zero-order valence-corrected chi connectivity index (χ0v) is 12.0. The summed E-state index contributed by atoms with van der Waals surface area (Å²) >= 11 is 1.80. The van der Waals surface area contributed by atoms with E-state index in [1.54, 1.807) is 18.9 Å². The number of carbonyl (C=O) groups is 1. The molecule has 0 aromatic rings. The summed E-state index contributed by atoms with van der Waals surface area (Å²) in [6, 6.07) is 0. The molecule has 1 heterocycles. The van der Waals surface area contributed by atoms with E-state index in [1.165, 1.54) is 12.8 Å². The van der Waals surface area contributed by atoms with Gasteiger partial charge in [-0.05, 0) is 6.42 Å². The van der Waals surface area contributed by atoms with E-state index >= 15 is 0 Å². The van der Waals surface area contributed by atoms with Gasteiger partial charge in [0.15, 0.2) is 5.17 Å². The van der Waals surface area contributed by atoms with Gasteiger partial charge in [-0.1, -0.05) is 25.1 Å². The van der Waals surface area contributed by atoms with Crippen molar-refractivity contribution in [2.75, 3.05) is 33.4 Å². The molecule has 1 unspecified atom stereocenters. The van der Waals surface area contributed by atoms with Crippen LogP contribution in [0.5, 0.6) is 0 Å². The minimum absolute atomic E-state index is 0.0493. The lowest BCUT2D eigenvalue weighted by molar-refractivity contribution is -0.121. The summed E-state index contributed by atoms with van der Waals surface area (Å²) in [5.74, 6) is 0.0493. The molecule has 0 aromatic carbocycles. The first-order chi connectivity index (χ1) is 8.76. The Morgan fingerprint density at radius 3 is 3.11 bits per heavy atom. The van der Waals surface area contributed by atoms with Crippen molar-refractivity contribution >= 4 is 22.8 Å². The molecule has 1 amide bonds. The number of thioether (sulfide) groups is 1. The Bertz CT molecular complexity index is 284. The lowest BCUT2D eigenvalue weighted by Gasteiger charge is -2.08. The Labute approximate surface area is 113 Å². The molecule has 0 aliphatic carbocycles. The second-order valence-corrected chi connectivity index (χ2v) is 5.48. The maximum Gasteiger partial charge on any atom is 0.221 e. The predicted octanol–water partition coefficient (Wildman–Crippen LogP) is 1.00. The highest BCUT2D eigenvalue weighted by atomic mass is 32.2. The highest BCUT2D eigenvalue weighted by molar-refractivity contribution is 8.14. The van der Waals surface area contributed by atoms with Gasteiger partial charge in [-0.25, -0.2) is 0 Å². The highest BCUT2D eigenvalue weighted by Gasteiger charge is 2.18. The van der Waals surface area contributed by atoms with Gasteiger partial charge in [0.2, 0.25) is 5.91 Å². The number of rotatable bonds is 8. The maximum atomic E-state index is 11.4. The van der Waals surface area contributed by atoms with Gasteiger partial charge in [-0.3, -0.25) is 9.79 Å². The van der Waals surface area contributed by atoms with Gasteiger partial charge in [0, 0.05) is 31.9 Å². The quantitative estimate of drug-likeness (QED) is 0.648. The summed E-state index contributed by atoms with van der Waals surface area (Å²) in [7, 11) is 1.62. The summed E-state index contributed by atoms with van der Waals surface area (Å²) in [4.78, 5) is 15.8. The number of hydrogen-bond donors (Lipinski definition) is 2. The van der Waals surface area contributed by atoms with Crippen molar-refractivity contribution in [2.24, 2.45) is 4.99 Å². The molecule has 0 spiro atoms. The van der Waals surface area contributed by atoms with Crippen LogP contribution in [0.2, 0.25) is 0 Å². The lowest BCUT2D eigenvalue weighted by atomic mass is 10.2. The van der Waals surface area contributed by atoms with Crippen molar-refractivity contribution in [1.29, 1.82) is 0 Å². The summed E-state index contributed by atoms with van der Waals surface area (Å²) in [5.41, 5.74) is 0. The normalized spacial score (nSPS) is 18.6. The van der Waals surface area contributed by atoms with E-state index in [9.17, 15) is 4.79 Å². The summed E-state index contributed by atoms with van der Waals surface area (Å²) in [6.07, 6.45) is 2.88. The van der Waals surface area contributed by atoms with Crippen molar-refractivity contribution < 1.29 is 9.53 Å². The molecule has 0 radical (unpaired) electrons. The molecule has 0 saturated carbocycles. The average Bonchev–Trinajstić information content (AvgIpc) is 2.78. The van der Waals surface area contributed by atoms with Crippen molar-refractivity contribution in [1.82, 2.24) is 10.6 Å². The van der Waals surface area contributed by atoms with Gasteiger partial charge in [0.05, 0.1) is 13.2 Å². The second kappa shape index (κ2) is 9.22. The number of amides is 1. The van der Waals surface area contributed by atoms with Gasteiger partial charge in [-0.2, -0.15) is 0 Å². The van der Waals surface area contributed by atoms with Crippen LogP contribution in [0.25, 0.3) is 0 Å². The molecule has 5 nitrogen and oxygen atoms in total. The average molecular weight is 273 g/mol. The fourth-order valence-corrected chi connectivity index (χ4v) is 2.80. The molecule has 1 aliphatic heterocycles. The SMILES string of the molecule is CCCC1CN=C(NCCC(=O)NCCOC)S1. The third kappa shape index (κ3) is 6.26. The van der Waals surface area contributed by atoms with Crippen LogP contribution in [0.15, 0.2) is 4.99 Å². The molecule has 0 aromatic heterocycles. The van der Waals surface area contributed by atoms with Gasteiger partial charge in [-0.15, -0.1) is 0 Å². The smallest absolute Gasteiger partial charge is 0.221 e. The van der Waals surface area contributed by atoms with Crippen LogP contribution in [0.1, 0.15) is 26.2 Å². The Morgan fingerprint density at radius 2 is 2.39 bits per heavy atom. The monoisotopic (exact) mass is 273 g/mol. The first-order valence-electron chi connectivity index (χ1n) is 6.46. The number of nitrogens with zero attached hydrogens (tertiary/aromatic N) is 1. The third-order valence-electron chi connectivity index (χ3n) is 2.58. The molecule has 0 bridgehead atoms. The highest BCUT2D eigenvalue weighted by Crippen LogP contribution is 2.23. The largest absolute Gasteiger partial charge is 0.383 e. The molecule has 1 atom stereocenters. The van der Waals surface area contributed by atoms with E-state index in [-0.39, 0.29) is 5.91 Å². The van der Waals surface area contributed by atoms with Crippen molar-refractivity contribution in [3.05, 3.63) is 0 Å². The molecular formula is C12H23N3O2S. The second-order valence-electron chi connectivity index (χ2n) is 4.19. The zero-order valence-electron chi connectivity index (χ0n) is 11.2. The van der Waals surface area contributed by atoms with E-state index in [2.05, 4.69) is 22.5 Å². The van der Waals surface area contributed by atoms with Crippen LogP contribution >= 0.6 is 11.8 Å². The summed E-state index contributed by atoms with van der Waals surface area (Å²) in [6.45, 7) is 4.87. The molecule has 104 valence electrons. The van der Waals surface area contributed by atoms with E-state index in [0.29, 0.717) is 31.4 Å². The maximum absolute atomic E-state index is 11.4. The Balaban J connectivity index is 2.03. The molecule has 1 rings (SSSR count). The third-order valence-corrected chi connectivity index (χ3v) is 3.80. The van der Waals surface area contributed by atoms with Gasteiger partial charge in [0.1, 0.15) is 0 Å². The van der Waals surface area contributed by atoms with Crippen molar-refractivity contribution in [2.45, 2.75) is 31.4 Å². The first-order valence-corrected chi connectivity index (χ1v) is 7.34. The number of methoxy groups -OCH3 is 1. The summed E-state index contributed by atoms with van der Waals surface area (Å²) in [5, 5.41) is 7.60. The topological polar surface area (TPSA) is 62.7 Å². The zero-order chi connectivity index (χ0) is 13.2. The van der Waals surface area contributed by atoms with Gasteiger partial charge < -0.3 is 15.4 Å². The van der Waals surface area contributed by atoms with E-state index in [4.69, 9.17) is 4.74 Å². The number of carbonyl (C=O) groups excluding carboxylic acids is 1. The minimum atomic E-state index is 0.0493. The number of ether oxygens (including phenoxy) is 1. The van der Waals surface area contributed by atoms with Gasteiger partial charge in [0.25, 0.3) is 0 Å². The van der Waals surface area contributed by atoms with Crippen molar-refractivity contribution in [3.63, 3.8) is 0 Å². The molecule has 18 heavy (non-hydrogen) atoms. The predicted molar refractivity (Wildman–Crippen MR) is 76.1 cm³/mol. The number of aliphatic imine (C=N–C) groups is 1. The fraction of sp³-hybridized carbons (Fsp3) is 0.833. The van der Waals surface area contributed by atoms with E-state index in [1.807, 2.05) is 0 Å². The first kappa shape index (κ1) is 15.3. The summed E-state index contributed by atoms with van der Waals surface area (Å²) < 4.78 is 4.86. The van der Waals surface area contributed by atoms with Crippen molar-refractivity contribution in [3.8, 4) is 0 Å². The van der Waals surface area contributed by atoms with Gasteiger partial charge >= 0.3 is 0 Å². The molecule has 6 heteroatoms. The number of nitrogens with one attached hydrogen (secondary N) is 2. The molecule has 1 aliphatic rings. The van der Waals surface area contributed by atoms with Crippen LogP contribution in [0.3, 0.4) is 0 Å². The van der Waals surface area contributed by atoms with Crippen LogP contribution in [0, 0.1) is 0 Å². The van der Waals surface area contributed by atoms with E-state index in [0.717, 1.165) is 11.7 Å². The Hall–Kier alpha value is -0.750. The van der Waals surface area contributed by atoms with E-state index < -0.39 is 0 Å². The Morgan fingerprint density at radius 1 is 1.56 bits per heavy atom. The standard InChI is InChI=1S/C12H23N3O2S/c1-3-4-10-9-15-12(18-10)14-6-5-11(16)13-7-8-17-2/h10H,3-9H2,1-2H3,(H,13,16)(H,14,15). The van der Waals surface area contributed by atoms with Crippen LogP contribution in [0.4, 0.5) is 0 Å². The Kier molecular flexibility index (Phi) is 7.84. The fourth-order valence-electron chi connectivity index (χ4n) is 1.65. The minimum Gasteiger partial charge on any atom is -0.383 e. The molecule has 0 fully saturated rings. The van der Waals surface area contributed by atoms with Crippen LogP contribution in [-0.2, 0) is 9.53 Å². The molecule has 2 N–H and O–H groups in total.